The van der Waals surface area contributed by atoms with Crippen molar-refractivity contribution in [1.82, 2.24) is 5.32 Å². The molecule has 2 aromatic rings. The van der Waals surface area contributed by atoms with Gasteiger partial charge in [-0.15, -0.1) is 0 Å². The van der Waals surface area contributed by atoms with Crippen molar-refractivity contribution < 1.29 is 18.7 Å². The SMILES string of the molecule is O=C(CCNc1ccc2c(c1)OCO2)NCCc1ccccc1F. The number of benzene rings is 2. The Morgan fingerprint density at radius 3 is 2.79 bits per heavy atom. The fourth-order valence-corrected chi connectivity index (χ4v) is 2.45. The van der Waals surface area contributed by atoms with Gasteiger partial charge in [-0.25, -0.2) is 4.39 Å². The van der Waals surface area contributed by atoms with Crippen molar-refractivity contribution in [2.45, 2.75) is 12.8 Å². The number of fused-ring (bicyclic) bond motifs is 1. The smallest absolute Gasteiger partial charge is 0.231 e. The van der Waals surface area contributed by atoms with Gasteiger partial charge in [0.1, 0.15) is 5.82 Å². The van der Waals surface area contributed by atoms with E-state index in [4.69, 9.17) is 9.47 Å². The maximum Gasteiger partial charge on any atom is 0.231 e. The molecule has 0 radical (unpaired) electrons. The van der Waals surface area contributed by atoms with Crippen LogP contribution in [0.5, 0.6) is 11.5 Å². The Morgan fingerprint density at radius 1 is 1.08 bits per heavy atom. The molecule has 0 aliphatic carbocycles. The zero-order valence-electron chi connectivity index (χ0n) is 13.2. The molecule has 2 aromatic carbocycles. The summed E-state index contributed by atoms with van der Waals surface area (Å²) in [5, 5.41) is 5.96. The van der Waals surface area contributed by atoms with Crippen LogP contribution in [0.25, 0.3) is 0 Å². The second kappa shape index (κ2) is 7.68. The molecule has 0 bridgehead atoms. The number of carbonyl (C=O) groups excluding carboxylic acids is 1. The third kappa shape index (κ3) is 4.16. The first-order valence-corrected chi connectivity index (χ1v) is 7.86. The van der Waals surface area contributed by atoms with Crippen molar-refractivity contribution in [2.24, 2.45) is 0 Å². The summed E-state index contributed by atoms with van der Waals surface area (Å²) >= 11 is 0. The number of amides is 1. The Morgan fingerprint density at radius 2 is 1.92 bits per heavy atom. The number of hydrogen-bond donors (Lipinski definition) is 2. The number of rotatable bonds is 7. The molecule has 24 heavy (non-hydrogen) atoms. The Labute approximate surface area is 139 Å². The molecule has 0 atom stereocenters. The molecule has 1 amide bonds. The van der Waals surface area contributed by atoms with E-state index in [0.29, 0.717) is 37.2 Å². The topological polar surface area (TPSA) is 59.6 Å². The second-order valence-corrected chi connectivity index (χ2v) is 5.44. The van der Waals surface area contributed by atoms with Crippen LogP contribution in [-0.4, -0.2) is 25.8 Å². The molecular weight excluding hydrogens is 311 g/mol. The molecule has 126 valence electrons. The predicted octanol–water partition coefficient (Wildman–Crippen LogP) is 2.72. The van der Waals surface area contributed by atoms with E-state index >= 15 is 0 Å². The summed E-state index contributed by atoms with van der Waals surface area (Å²) in [5.41, 5.74) is 1.48. The van der Waals surface area contributed by atoms with Gasteiger partial charge in [-0.1, -0.05) is 18.2 Å². The average molecular weight is 330 g/mol. The van der Waals surface area contributed by atoms with Crippen LogP contribution in [-0.2, 0) is 11.2 Å². The lowest BCUT2D eigenvalue weighted by Gasteiger charge is -2.08. The summed E-state index contributed by atoms with van der Waals surface area (Å²) in [6, 6.07) is 12.1. The average Bonchev–Trinajstić information content (AvgIpc) is 3.04. The highest BCUT2D eigenvalue weighted by Crippen LogP contribution is 2.34. The molecule has 0 saturated carbocycles. The molecule has 0 spiro atoms. The van der Waals surface area contributed by atoms with E-state index in [1.54, 1.807) is 18.2 Å². The van der Waals surface area contributed by atoms with Gasteiger partial charge in [0.15, 0.2) is 11.5 Å². The van der Waals surface area contributed by atoms with Gasteiger partial charge < -0.3 is 20.1 Å². The number of ether oxygens (including phenoxy) is 2. The minimum atomic E-state index is -0.240. The number of anilines is 1. The van der Waals surface area contributed by atoms with E-state index < -0.39 is 0 Å². The predicted molar refractivity (Wildman–Crippen MR) is 88.8 cm³/mol. The van der Waals surface area contributed by atoms with Crippen LogP contribution in [0.4, 0.5) is 10.1 Å². The summed E-state index contributed by atoms with van der Waals surface area (Å²) in [6.45, 7) is 1.16. The van der Waals surface area contributed by atoms with Crippen LogP contribution in [0.3, 0.4) is 0 Å². The summed E-state index contributed by atoms with van der Waals surface area (Å²) in [6.07, 6.45) is 0.819. The van der Waals surface area contributed by atoms with Crippen LogP contribution < -0.4 is 20.1 Å². The van der Waals surface area contributed by atoms with Gasteiger partial charge in [-0.2, -0.15) is 0 Å². The van der Waals surface area contributed by atoms with E-state index in [0.717, 1.165) is 11.4 Å². The Hall–Kier alpha value is -2.76. The normalized spacial score (nSPS) is 12.0. The van der Waals surface area contributed by atoms with Crippen molar-refractivity contribution in [3.63, 3.8) is 0 Å². The zero-order valence-corrected chi connectivity index (χ0v) is 13.2. The Bertz CT molecular complexity index is 721. The van der Waals surface area contributed by atoms with E-state index in [9.17, 15) is 9.18 Å². The van der Waals surface area contributed by atoms with Gasteiger partial charge >= 0.3 is 0 Å². The molecule has 1 aliphatic rings. The standard InChI is InChI=1S/C18H19FN2O3/c19-15-4-2-1-3-13(15)7-9-21-18(22)8-10-20-14-5-6-16-17(11-14)24-12-23-16/h1-6,11,20H,7-10,12H2,(H,21,22). The highest BCUT2D eigenvalue weighted by Gasteiger charge is 2.13. The van der Waals surface area contributed by atoms with Crippen LogP contribution in [0.15, 0.2) is 42.5 Å². The molecule has 2 N–H and O–H groups in total. The molecule has 1 aliphatic heterocycles. The third-order valence-corrected chi connectivity index (χ3v) is 3.73. The number of nitrogens with one attached hydrogen (secondary N) is 2. The summed E-state index contributed by atoms with van der Waals surface area (Å²) in [7, 11) is 0. The van der Waals surface area contributed by atoms with Crippen LogP contribution in [0.2, 0.25) is 0 Å². The van der Waals surface area contributed by atoms with Crippen LogP contribution >= 0.6 is 0 Å². The summed E-state index contributed by atoms with van der Waals surface area (Å²) in [4.78, 5) is 11.8. The Balaban J connectivity index is 1.36. The van der Waals surface area contributed by atoms with Crippen molar-refractivity contribution >= 4 is 11.6 Å². The first-order valence-electron chi connectivity index (χ1n) is 7.86. The third-order valence-electron chi connectivity index (χ3n) is 3.73. The lowest BCUT2D eigenvalue weighted by atomic mass is 10.1. The zero-order chi connectivity index (χ0) is 16.8. The maximum atomic E-state index is 13.5. The molecule has 0 saturated heterocycles. The monoisotopic (exact) mass is 330 g/mol. The molecular formula is C18H19FN2O3. The molecule has 6 heteroatoms. The molecule has 1 heterocycles. The highest BCUT2D eigenvalue weighted by molar-refractivity contribution is 5.76. The first kappa shape index (κ1) is 16.1. The van der Waals surface area contributed by atoms with Crippen molar-refractivity contribution in [1.29, 1.82) is 0 Å². The van der Waals surface area contributed by atoms with Crippen LogP contribution in [0.1, 0.15) is 12.0 Å². The number of carbonyl (C=O) groups is 1. The molecule has 3 rings (SSSR count). The van der Waals surface area contributed by atoms with E-state index in [-0.39, 0.29) is 18.5 Å². The largest absolute Gasteiger partial charge is 0.454 e. The van der Waals surface area contributed by atoms with Gasteiger partial charge in [-0.05, 0) is 30.2 Å². The minimum Gasteiger partial charge on any atom is -0.454 e. The van der Waals surface area contributed by atoms with Gasteiger partial charge in [0.2, 0.25) is 12.7 Å². The van der Waals surface area contributed by atoms with E-state index in [1.165, 1.54) is 6.07 Å². The summed E-state index contributed by atoms with van der Waals surface area (Å²) in [5.74, 6) is 1.12. The van der Waals surface area contributed by atoms with Crippen molar-refractivity contribution in [3.05, 3.63) is 53.8 Å². The van der Waals surface area contributed by atoms with E-state index in [1.807, 2.05) is 18.2 Å². The number of halogens is 1. The number of hydrogen-bond acceptors (Lipinski definition) is 4. The molecule has 5 nitrogen and oxygen atoms in total. The molecule has 0 aromatic heterocycles. The van der Waals surface area contributed by atoms with Gasteiger partial charge in [0, 0.05) is 31.3 Å². The lowest BCUT2D eigenvalue weighted by Crippen LogP contribution is -2.27. The fourth-order valence-electron chi connectivity index (χ4n) is 2.45. The quantitative estimate of drug-likeness (QED) is 0.819. The van der Waals surface area contributed by atoms with Gasteiger partial charge in [-0.3, -0.25) is 4.79 Å². The van der Waals surface area contributed by atoms with Gasteiger partial charge in [0.25, 0.3) is 0 Å². The van der Waals surface area contributed by atoms with Crippen molar-refractivity contribution in [2.75, 3.05) is 25.2 Å². The van der Waals surface area contributed by atoms with Gasteiger partial charge in [0.05, 0.1) is 0 Å². The van der Waals surface area contributed by atoms with Crippen molar-refractivity contribution in [3.8, 4) is 11.5 Å². The molecule has 0 unspecified atom stereocenters. The second-order valence-electron chi connectivity index (χ2n) is 5.44. The Kier molecular flexibility index (Phi) is 5.15. The maximum absolute atomic E-state index is 13.5. The first-order chi connectivity index (χ1) is 11.7. The van der Waals surface area contributed by atoms with E-state index in [2.05, 4.69) is 10.6 Å². The molecule has 0 fully saturated rings. The lowest BCUT2D eigenvalue weighted by molar-refractivity contribution is -0.120. The summed E-state index contributed by atoms with van der Waals surface area (Å²) < 4.78 is 24.0. The highest BCUT2D eigenvalue weighted by atomic mass is 19.1. The fraction of sp³-hybridized carbons (Fsp3) is 0.278. The van der Waals surface area contributed by atoms with Crippen LogP contribution in [0, 0.1) is 5.82 Å². The minimum absolute atomic E-state index is 0.0698.